The third-order valence-electron chi connectivity index (χ3n) is 7.88. The van der Waals surface area contributed by atoms with E-state index in [0.717, 1.165) is 55.2 Å². The van der Waals surface area contributed by atoms with E-state index in [1.54, 1.807) is 12.4 Å². The van der Waals surface area contributed by atoms with Crippen LogP contribution in [0.15, 0.2) is 48.8 Å². The molecule has 168 valence electrons. The minimum atomic E-state index is -0.409. The molecule has 1 aromatic carbocycles. The van der Waals surface area contributed by atoms with Gasteiger partial charge in [-0.15, -0.1) is 0 Å². The summed E-state index contributed by atoms with van der Waals surface area (Å²) in [6.07, 6.45) is 14.4. The Kier molecular flexibility index (Phi) is 5.99. The number of nitrogens with zero attached hydrogens (tertiary/aromatic N) is 2. The van der Waals surface area contributed by atoms with Gasteiger partial charge in [0.05, 0.1) is 11.5 Å². The molecule has 2 fully saturated rings. The van der Waals surface area contributed by atoms with Gasteiger partial charge in [-0.1, -0.05) is 56.7 Å². The van der Waals surface area contributed by atoms with Crippen LogP contribution in [0, 0.1) is 0 Å². The van der Waals surface area contributed by atoms with Gasteiger partial charge in [-0.05, 0) is 55.0 Å². The molecule has 0 unspecified atom stereocenters. The number of rotatable bonds is 4. The van der Waals surface area contributed by atoms with Crippen LogP contribution in [0.3, 0.4) is 0 Å². The molecule has 0 bridgehead atoms. The average molecular weight is 432 g/mol. The van der Waals surface area contributed by atoms with Gasteiger partial charge in [0.1, 0.15) is 0 Å². The van der Waals surface area contributed by atoms with E-state index >= 15 is 0 Å². The van der Waals surface area contributed by atoms with Gasteiger partial charge in [-0.25, -0.2) is 0 Å². The van der Waals surface area contributed by atoms with Gasteiger partial charge in [0.25, 0.3) is 5.91 Å². The molecule has 0 saturated heterocycles. The van der Waals surface area contributed by atoms with Crippen molar-refractivity contribution in [2.75, 3.05) is 0 Å². The molecule has 2 heterocycles. The largest absolute Gasteiger partial charge is 0.351 e. The molecule has 1 aliphatic heterocycles. The van der Waals surface area contributed by atoms with E-state index in [1.165, 1.54) is 25.7 Å². The number of benzene rings is 1. The number of amides is 2. The highest BCUT2D eigenvalue weighted by molar-refractivity contribution is 6.02. The molecule has 32 heavy (non-hydrogen) atoms. The number of pyridine rings is 1. The standard InChI is InChI=1S/C27H33N3O2/c31-25(29-19-20-13-17-28-18-14-20)24-22-11-5-6-12-23(22)26(32)30(21-9-3-1-4-10-21)27(24)15-7-2-8-16-27/h5-6,11-14,17-18,21,24H,1-4,7-10,15-16,19H2,(H,29,31)/t24-/m0/s1. The van der Waals surface area contributed by atoms with Gasteiger partial charge in [-0.3, -0.25) is 14.6 Å². The Balaban J connectivity index is 1.55. The van der Waals surface area contributed by atoms with Crippen LogP contribution in [0.5, 0.6) is 0 Å². The predicted octanol–water partition coefficient (Wildman–Crippen LogP) is 4.97. The molecule has 2 aliphatic carbocycles. The van der Waals surface area contributed by atoms with Crippen LogP contribution in [-0.2, 0) is 11.3 Å². The fraction of sp³-hybridized carbons (Fsp3) is 0.519. The first-order valence-corrected chi connectivity index (χ1v) is 12.3. The van der Waals surface area contributed by atoms with Crippen molar-refractivity contribution < 1.29 is 9.59 Å². The maximum atomic E-state index is 13.9. The smallest absolute Gasteiger partial charge is 0.254 e. The van der Waals surface area contributed by atoms with E-state index in [2.05, 4.69) is 15.2 Å². The minimum Gasteiger partial charge on any atom is -0.351 e. The fourth-order valence-corrected chi connectivity index (χ4v) is 6.44. The lowest BCUT2D eigenvalue weighted by Gasteiger charge is -2.57. The van der Waals surface area contributed by atoms with Crippen LogP contribution in [0.1, 0.15) is 91.6 Å². The summed E-state index contributed by atoms with van der Waals surface area (Å²) in [5.74, 6) is -0.127. The zero-order chi connectivity index (χ0) is 22.0. The summed E-state index contributed by atoms with van der Waals surface area (Å²) in [6.45, 7) is 0.480. The van der Waals surface area contributed by atoms with Crippen molar-refractivity contribution in [1.29, 1.82) is 0 Å². The fourth-order valence-electron chi connectivity index (χ4n) is 6.44. The van der Waals surface area contributed by atoms with E-state index in [1.807, 2.05) is 36.4 Å². The number of aromatic nitrogens is 1. The van der Waals surface area contributed by atoms with E-state index < -0.39 is 5.54 Å². The number of carbonyl (C=O) groups excluding carboxylic acids is 2. The van der Waals surface area contributed by atoms with Crippen LogP contribution in [0.4, 0.5) is 0 Å². The van der Waals surface area contributed by atoms with Crippen LogP contribution in [-0.4, -0.2) is 33.3 Å². The monoisotopic (exact) mass is 431 g/mol. The molecule has 1 spiro atoms. The second kappa shape index (κ2) is 9.05. The van der Waals surface area contributed by atoms with E-state index in [0.29, 0.717) is 6.54 Å². The van der Waals surface area contributed by atoms with E-state index in [4.69, 9.17) is 0 Å². The SMILES string of the molecule is O=C(NCc1ccncc1)[C@@H]1c2ccccc2C(=O)N(C2CCCCC2)C12CCCCC2. The molecule has 3 aliphatic rings. The lowest BCUT2D eigenvalue weighted by atomic mass is 9.64. The summed E-state index contributed by atoms with van der Waals surface area (Å²) in [4.78, 5) is 34.1. The molecular weight excluding hydrogens is 398 g/mol. The van der Waals surface area contributed by atoms with Crippen LogP contribution < -0.4 is 5.32 Å². The summed E-state index contributed by atoms with van der Waals surface area (Å²) in [7, 11) is 0. The highest BCUT2D eigenvalue weighted by Crippen LogP contribution is 2.51. The van der Waals surface area contributed by atoms with Crippen molar-refractivity contribution in [3.8, 4) is 0 Å². The lowest BCUT2D eigenvalue weighted by Crippen LogP contribution is -2.65. The van der Waals surface area contributed by atoms with Crippen molar-refractivity contribution in [2.45, 2.75) is 88.3 Å². The summed E-state index contributed by atoms with van der Waals surface area (Å²) in [6, 6.07) is 12.0. The number of hydrogen-bond donors (Lipinski definition) is 1. The Hall–Kier alpha value is -2.69. The normalized spacial score (nSPS) is 23.1. The maximum absolute atomic E-state index is 13.9. The predicted molar refractivity (Wildman–Crippen MR) is 124 cm³/mol. The van der Waals surface area contributed by atoms with Crippen LogP contribution in [0.2, 0.25) is 0 Å². The number of hydrogen-bond acceptors (Lipinski definition) is 3. The van der Waals surface area contributed by atoms with Gasteiger partial charge in [0.15, 0.2) is 0 Å². The third-order valence-corrected chi connectivity index (χ3v) is 7.88. The molecule has 1 aromatic heterocycles. The molecule has 2 aromatic rings. The summed E-state index contributed by atoms with van der Waals surface area (Å²) < 4.78 is 0. The molecule has 2 saturated carbocycles. The molecule has 1 N–H and O–H groups in total. The Morgan fingerprint density at radius 2 is 1.66 bits per heavy atom. The first-order chi connectivity index (χ1) is 15.7. The summed E-state index contributed by atoms with van der Waals surface area (Å²) >= 11 is 0. The molecule has 0 radical (unpaired) electrons. The summed E-state index contributed by atoms with van der Waals surface area (Å²) in [5.41, 5.74) is 2.26. The van der Waals surface area contributed by atoms with Crippen molar-refractivity contribution in [3.05, 3.63) is 65.5 Å². The second-order valence-corrected chi connectivity index (χ2v) is 9.72. The van der Waals surface area contributed by atoms with Gasteiger partial charge in [0.2, 0.25) is 5.91 Å². The zero-order valence-corrected chi connectivity index (χ0v) is 18.8. The van der Waals surface area contributed by atoms with E-state index in [9.17, 15) is 9.59 Å². The second-order valence-electron chi connectivity index (χ2n) is 9.72. The Morgan fingerprint density at radius 3 is 2.41 bits per heavy atom. The Bertz CT molecular complexity index is 962. The van der Waals surface area contributed by atoms with Gasteiger partial charge in [-0.2, -0.15) is 0 Å². The molecule has 2 amide bonds. The maximum Gasteiger partial charge on any atom is 0.254 e. The average Bonchev–Trinajstić information content (AvgIpc) is 2.85. The third kappa shape index (κ3) is 3.72. The number of fused-ring (bicyclic) bond motifs is 1. The van der Waals surface area contributed by atoms with Gasteiger partial charge in [0, 0.05) is 30.5 Å². The summed E-state index contributed by atoms with van der Waals surface area (Å²) in [5, 5.41) is 3.21. The zero-order valence-electron chi connectivity index (χ0n) is 18.8. The van der Waals surface area contributed by atoms with Crippen LogP contribution in [0.25, 0.3) is 0 Å². The lowest BCUT2D eigenvalue weighted by molar-refractivity contribution is -0.128. The number of nitrogens with one attached hydrogen (secondary N) is 1. The first kappa shape index (κ1) is 21.2. The highest BCUT2D eigenvalue weighted by Gasteiger charge is 2.56. The van der Waals surface area contributed by atoms with Crippen molar-refractivity contribution in [3.63, 3.8) is 0 Å². The molecule has 1 atom stereocenters. The quantitative estimate of drug-likeness (QED) is 0.743. The Morgan fingerprint density at radius 1 is 0.969 bits per heavy atom. The molecule has 5 heteroatoms. The van der Waals surface area contributed by atoms with Crippen molar-refractivity contribution >= 4 is 11.8 Å². The Labute approximate surface area is 190 Å². The van der Waals surface area contributed by atoms with Gasteiger partial charge >= 0.3 is 0 Å². The van der Waals surface area contributed by atoms with Crippen molar-refractivity contribution in [1.82, 2.24) is 15.2 Å². The topological polar surface area (TPSA) is 62.3 Å². The molecule has 5 nitrogen and oxygen atoms in total. The van der Waals surface area contributed by atoms with Gasteiger partial charge < -0.3 is 10.2 Å². The van der Waals surface area contributed by atoms with Crippen LogP contribution >= 0.6 is 0 Å². The minimum absolute atomic E-state index is 0.0458. The van der Waals surface area contributed by atoms with Crippen molar-refractivity contribution in [2.24, 2.45) is 0 Å². The molecular formula is C27H33N3O2. The number of carbonyl (C=O) groups is 2. The first-order valence-electron chi connectivity index (χ1n) is 12.3. The van der Waals surface area contributed by atoms with E-state index in [-0.39, 0.29) is 23.8 Å². The highest BCUT2D eigenvalue weighted by atomic mass is 16.2. The molecule has 5 rings (SSSR count).